The van der Waals surface area contributed by atoms with Gasteiger partial charge < -0.3 is 11.1 Å². The molecule has 94 valence electrons. The van der Waals surface area contributed by atoms with Crippen LogP contribution in [0.2, 0.25) is 0 Å². The first-order valence-corrected chi connectivity index (χ1v) is 6.23. The predicted molar refractivity (Wildman–Crippen MR) is 69.2 cm³/mol. The number of aromatic nitrogens is 2. The number of hydrogen-bond acceptors (Lipinski definition) is 3. The van der Waals surface area contributed by atoms with E-state index in [2.05, 4.69) is 15.5 Å². The van der Waals surface area contributed by atoms with Crippen LogP contribution in [0.25, 0.3) is 10.9 Å². The van der Waals surface area contributed by atoms with Crippen LogP contribution in [0.1, 0.15) is 29.6 Å². The van der Waals surface area contributed by atoms with E-state index in [0.29, 0.717) is 5.56 Å². The van der Waals surface area contributed by atoms with Gasteiger partial charge in [0.25, 0.3) is 5.91 Å². The number of carbonyl (C=O) groups is 1. The lowest BCUT2D eigenvalue weighted by Gasteiger charge is -2.17. The molecular formula is C13H16N4O. The minimum atomic E-state index is -0.0612. The van der Waals surface area contributed by atoms with Gasteiger partial charge in [-0.25, -0.2) is 0 Å². The van der Waals surface area contributed by atoms with Crippen molar-refractivity contribution in [1.82, 2.24) is 15.5 Å². The summed E-state index contributed by atoms with van der Waals surface area (Å²) in [4.78, 5) is 12.1. The molecule has 0 aliphatic heterocycles. The van der Waals surface area contributed by atoms with E-state index in [-0.39, 0.29) is 18.0 Å². The Bertz CT molecular complexity index is 577. The molecule has 1 saturated carbocycles. The monoisotopic (exact) mass is 244 g/mol. The van der Waals surface area contributed by atoms with Crippen molar-refractivity contribution in [2.75, 3.05) is 0 Å². The number of nitrogens with two attached hydrogens (primary N) is 1. The summed E-state index contributed by atoms with van der Waals surface area (Å²) in [5.74, 6) is -0.0612. The second kappa shape index (κ2) is 4.42. The number of rotatable bonds is 2. The number of H-pyrrole nitrogens is 1. The van der Waals surface area contributed by atoms with E-state index in [0.717, 1.165) is 30.2 Å². The lowest BCUT2D eigenvalue weighted by Crippen LogP contribution is -2.43. The summed E-state index contributed by atoms with van der Waals surface area (Å²) in [6.07, 6.45) is 4.79. The summed E-state index contributed by atoms with van der Waals surface area (Å²) < 4.78 is 0. The summed E-state index contributed by atoms with van der Waals surface area (Å²) in [5, 5.41) is 10.8. The third-order valence-electron chi connectivity index (χ3n) is 3.59. The average Bonchev–Trinajstić information content (AvgIpc) is 2.98. The van der Waals surface area contributed by atoms with Gasteiger partial charge in [0.05, 0.1) is 11.7 Å². The third kappa shape index (κ3) is 1.97. The van der Waals surface area contributed by atoms with Gasteiger partial charge in [-0.2, -0.15) is 5.10 Å². The van der Waals surface area contributed by atoms with E-state index in [1.54, 1.807) is 6.20 Å². The molecule has 3 rings (SSSR count). The molecule has 18 heavy (non-hydrogen) atoms. The van der Waals surface area contributed by atoms with Crippen molar-refractivity contribution >= 4 is 16.8 Å². The maximum absolute atomic E-state index is 12.1. The molecule has 2 unspecified atom stereocenters. The summed E-state index contributed by atoms with van der Waals surface area (Å²) in [7, 11) is 0. The minimum absolute atomic E-state index is 0.0612. The molecule has 5 heteroatoms. The van der Waals surface area contributed by atoms with Crippen LogP contribution >= 0.6 is 0 Å². The molecule has 5 nitrogen and oxygen atoms in total. The highest BCUT2D eigenvalue weighted by Crippen LogP contribution is 2.18. The maximum atomic E-state index is 12.1. The molecule has 1 heterocycles. The second-order valence-electron chi connectivity index (χ2n) is 4.85. The van der Waals surface area contributed by atoms with Crippen molar-refractivity contribution in [3.8, 4) is 0 Å². The van der Waals surface area contributed by atoms with E-state index < -0.39 is 0 Å². The van der Waals surface area contributed by atoms with Gasteiger partial charge in [-0.1, -0.05) is 6.07 Å². The Labute approximate surface area is 105 Å². The van der Waals surface area contributed by atoms with Gasteiger partial charge in [0.2, 0.25) is 0 Å². The first-order valence-electron chi connectivity index (χ1n) is 6.23. The van der Waals surface area contributed by atoms with Crippen LogP contribution in [0.5, 0.6) is 0 Å². The first kappa shape index (κ1) is 11.2. The third-order valence-corrected chi connectivity index (χ3v) is 3.59. The van der Waals surface area contributed by atoms with Gasteiger partial charge >= 0.3 is 0 Å². The van der Waals surface area contributed by atoms with Crippen molar-refractivity contribution in [2.45, 2.75) is 31.3 Å². The fraction of sp³-hybridized carbons (Fsp3) is 0.385. The lowest BCUT2D eigenvalue weighted by molar-refractivity contribution is 0.0934. The highest BCUT2D eigenvalue weighted by Gasteiger charge is 2.25. The number of amides is 1. The molecule has 2 atom stereocenters. The van der Waals surface area contributed by atoms with Gasteiger partial charge in [0.1, 0.15) is 0 Å². The number of nitrogens with one attached hydrogen (secondary N) is 2. The zero-order chi connectivity index (χ0) is 12.5. The molecule has 1 aromatic carbocycles. The zero-order valence-corrected chi connectivity index (χ0v) is 10.0. The van der Waals surface area contributed by atoms with Crippen molar-refractivity contribution < 1.29 is 4.79 Å². The van der Waals surface area contributed by atoms with Crippen LogP contribution in [0.3, 0.4) is 0 Å². The van der Waals surface area contributed by atoms with Crippen LogP contribution in [0.4, 0.5) is 0 Å². The van der Waals surface area contributed by atoms with Crippen molar-refractivity contribution in [1.29, 1.82) is 0 Å². The summed E-state index contributed by atoms with van der Waals surface area (Å²) in [6, 6.07) is 5.72. The lowest BCUT2D eigenvalue weighted by atomic mass is 10.1. The highest BCUT2D eigenvalue weighted by molar-refractivity contribution is 5.97. The SMILES string of the molecule is NC1CCCC1NC(=O)c1ccc2cn[nH]c2c1. The number of aromatic amines is 1. The topological polar surface area (TPSA) is 83.8 Å². The highest BCUT2D eigenvalue weighted by atomic mass is 16.1. The number of carbonyl (C=O) groups excluding carboxylic acids is 1. The quantitative estimate of drug-likeness (QED) is 0.741. The standard InChI is InChI=1S/C13H16N4O/c14-10-2-1-3-11(10)16-13(18)8-4-5-9-7-15-17-12(9)6-8/h4-7,10-11H,1-3,14H2,(H,15,17)(H,16,18). The summed E-state index contributed by atoms with van der Waals surface area (Å²) >= 11 is 0. The number of hydrogen-bond donors (Lipinski definition) is 3. The van der Waals surface area contributed by atoms with Crippen LogP contribution in [-0.2, 0) is 0 Å². The van der Waals surface area contributed by atoms with Crippen LogP contribution in [-0.4, -0.2) is 28.2 Å². The fourth-order valence-electron chi connectivity index (χ4n) is 2.50. The van der Waals surface area contributed by atoms with Gasteiger partial charge in [-0.05, 0) is 31.4 Å². The van der Waals surface area contributed by atoms with Gasteiger partial charge in [-0.3, -0.25) is 9.89 Å². The Morgan fingerprint density at radius 1 is 1.44 bits per heavy atom. The molecule has 0 saturated heterocycles. The molecule has 0 radical (unpaired) electrons. The summed E-state index contributed by atoms with van der Waals surface area (Å²) in [5.41, 5.74) is 7.47. The maximum Gasteiger partial charge on any atom is 0.251 e. The Kier molecular flexibility index (Phi) is 2.76. The van der Waals surface area contributed by atoms with Gasteiger partial charge in [-0.15, -0.1) is 0 Å². The molecule has 4 N–H and O–H groups in total. The molecule has 2 aromatic rings. The number of benzene rings is 1. The average molecular weight is 244 g/mol. The Balaban J connectivity index is 1.78. The van der Waals surface area contributed by atoms with E-state index in [1.165, 1.54) is 0 Å². The van der Waals surface area contributed by atoms with Crippen molar-refractivity contribution in [3.63, 3.8) is 0 Å². The smallest absolute Gasteiger partial charge is 0.251 e. The molecule has 1 aliphatic rings. The van der Waals surface area contributed by atoms with Crippen LogP contribution < -0.4 is 11.1 Å². The Morgan fingerprint density at radius 3 is 3.11 bits per heavy atom. The largest absolute Gasteiger partial charge is 0.348 e. The van der Waals surface area contributed by atoms with Crippen LogP contribution in [0.15, 0.2) is 24.4 Å². The molecular weight excluding hydrogens is 228 g/mol. The molecule has 1 aliphatic carbocycles. The van der Waals surface area contributed by atoms with Crippen molar-refractivity contribution in [3.05, 3.63) is 30.0 Å². The van der Waals surface area contributed by atoms with E-state index >= 15 is 0 Å². The van der Waals surface area contributed by atoms with E-state index in [9.17, 15) is 4.79 Å². The second-order valence-corrected chi connectivity index (χ2v) is 4.85. The zero-order valence-electron chi connectivity index (χ0n) is 10.0. The van der Waals surface area contributed by atoms with E-state index in [4.69, 9.17) is 5.73 Å². The van der Waals surface area contributed by atoms with Gasteiger partial charge in [0, 0.05) is 23.0 Å². The molecule has 1 amide bonds. The molecule has 1 fully saturated rings. The van der Waals surface area contributed by atoms with E-state index in [1.807, 2.05) is 18.2 Å². The van der Waals surface area contributed by atoms with Crippen LogP contribution in [0, 0.1) is 0 Å². The predicted octanol–water partition coefficient (Wildman–Crippen LogP) is 1.17. The number of nitrogens with zero attached hydrogens (tertiary/aromatic N) is 1. The number of fused-ring (bicyclic) bond motifs is 1. The molecule has 0 spiro atoms. The van der Waals surface area contributed by atoms with Gasteiger partial charge in [0.15, 0.2) is 0 Å². The van der Waals surface area contributed by atoms with Crippen molar-refractivity contribution in [2.24, 2.45) is 5.73 Å². The molecule has 0 bridgehead atoms. The Hall–Kier alpha value is -1.88. The molecule has 1 aromatic heterocycles. The normalized spacial score (nSPS) is 23.4. The first-order chi connectivity index (χ1) is 8.74. The Morgan fingerprint density at radius 2 is 2.33 bits per heavy atom. The minimum Gasteiger partial charge on any atom is -0.348 e. The fourth-order valence-corrected chi connectivity index (χ4v) is 2.50. The summed E-state index contributed by atoms with van der Waals surface area (Å²) in [6.45, 7) is 0.